The molecule has 0 saturated heterocycles. The molecule has 2 aromatic heterocycles. The maximum absolute atomic E-state index is 12.0. The molecule has 1 N–H and O–H groups in total. The lowest BCUT2D eigenvalue weighted by molar-refractivity contribution is 0.417. The van der Waals surface area contributed by atoms with Gasteiger partial charge >= 0.3 is 0 Å². The highest BCUT2D eigenvalue weighted by Crippen LogP contribution is 2.20. The minimum Gasteiger partial charge on any atom is -0.449 e. The Labute approximate surface area is 127 Å². The highest BCUT2D eigenvalue weighted by Gasteiger charge is 2.18. The van der Waals surface area contributed by atoms with Gasteiger partial charge in [0.1, 0.15) is 5.76 Å². The number of sulfonamides is 1. The Hall–Kier alpha value is -2.38. The van der Waals surface area contributed by atoms with Crippen molar-refractivity contribution in [3.63, 3.8) is 0 Å². The number of aryl methyl sites for hydroxylation is 1. The lowest BCUT2D eigenvalue weighted by Crippen LogP contribution is -2.22. The Morgan fingerprint density at radius 1 is 1.14 bits per heavy atom. The van der Waals surface area contributed by atoms with E-state index in [-0.39, 0.29) is 11.6 Å². The van der Waals surface area contributed by atoms with Crippen LogP contribution in [0.5, 0.6) is 0 Å². The van der Waals surface area contributed by atoms with Crippen LogP contribution in [0.25, 0.3) is 11.3 Å². The Bertz CT molecular complexity index is 866. The second-order valence-electron chi connectivity index (χ2n) is 4.74. The van der Waals surface area contributed by atoms with Crippen molar-refractivity contribution in [3.05, 3.63) is 60.0 Å². The topological polar surface area (TPSA) is 85.3 Å². The van der Waals surface area contributed by atoms with Gasteiger partial charge in [0.2, 0.25) is 5.09 Å². The van der Waals surface area contributed by atoms with E-state index < -0.39 is 10.0 Å². The number of hydrogen-bond acceptors (Lipinski definition) is 5. The van der Waals surface area contributed by atoms with Crippen LogP contribution >= 0.6 is 0 Å². The summed E-state index contributed by atoms with van der Waals surface area (Å²) in [4.78, 5) is 0. The van der Waals surface area contributed by atoms with E-state index in [9.17, 15) is 8.42 Å². The molecule has 0 fully saturated rings. The van der Waals surface area contributed by atoms with E-state index in [1.54, 1.807) is 19.1 Å². The summed E-state index contributed by atoms with van der Waals surface area (Å²) >= 11 is 0. The zero-order valence-corrected chi connectivity index (χ0v) is 12.6. The van der Waals surface area contributed by atoms with Gasteiger partial charge in [-0.25, -0.2) is 13.1 Å². The van der Waals surface area contributed by atoms with Crippen LogP contribution in [0.3, 0.4) is 0 Å². The first-order valence-corrected chi connectivity index (χ1v) is 8.10. The molecule has 3 aromatic rings. The van der Waals surface area contributed by atoms with Crippen molar-refractivity contribution in [2.75, 3.05) is 0 Å². The van der Waals surface area contributed by atoms with Crippen LogP contribution < -0.4 is 4.72 Å². The van der Waals surface area contributed by atoms with Gasteiger partial charge in [-0.1, -0.05) is 35.5 Å². The quantitative estimate of drug-likeness (QED) is 0.782. The fraction of sp³-hybridized carbons (Fsp3) is 0.133. The molecule has 0 saturated carbocycles. The predicted octanol–water partition coefficient (Wildman–Crippen LogP) is 2.72. The second-order valence-corrected chi connectivity index (χ2v) is 6.44. The lowest BCUT2D eigenvalue weighted by Gasteiger charge is -2.00. The molecule has 22 heavy (non-hydrogen) atoms. The molecular weight excluding hydrogens is 304 g/mol. The smallest absolute Gasteiger partial charge is 0.274 e. The first kappa shape index (κ1) is 14.6. The summed E-state index contributed by atoms with van der Waals surface area (Å²) in [7, 11) is -3.69. The molecule has 114 valence electrons. The molecular formula is C15H14N2O4S. The average Bonchev–Trinajstić information content (AvgIpc) is 3.15. The highest BCUT2D eigenvalue weighted by molar-refractivity contribution is 7.89. The summed E-state index contributed by atoms with van der Waals surface area (Å²) in [6.45, 7) is 1.71. The number of aromatic nitrogens is 1. The van der Waals surface area contributed by atoms with Crippen LogP contribution in [0.1, 0.15) is 11.5 Å². The van der Waals surface area contributed by atoms with Crippen molar-refractivity contribution in [3.8, 4) is 11.3 Å². The normalized spacial score (nSPS) is 11.7. The van der Waals surface area contributed by atoms with Gasteiger partial charge in [-0.05, 0) is 19.1 Å². The van der Waals surface area contributed by atoms with Gasteiger partial charge in [-0.2, -0.15) is 0 Å². The number of benzene rings is 1. The summed E-state index contributed by atoms with van der Waals surface area (Å²) in [6, 6.07) is 14.2. The maximum atomic E-state index is 12.0. The van der Waals surface area contributed by atoms with E-state index in [0.717, 1.165) is 5.56 Å². The molecule has 3 rings (SSSR count). The van der Waals surface area contributed by atoms with Crippen LogP contribution in [0.4, 0.5) is 0 Å². The molecule has 0 bridgehead atoms. The highest BCUT2D eigenvalue weighted by atomic mass is 32.2. The molecule has 0 unspecified atom stereocenters. The molecule has 0 aliphatic rings. The maximum Gasteiger partial charge on any atom is 0.274 e. The first-order chi connectivity index (χ1) is 10.5. The Morgan fingerprint density at radius 2 is 1.91 bits per heavy atom. The van der Waals surface area contributed by atoms with Crippen molar-refractivity contribution in [2.24, 2.45) is 0 Å². The number of furan rings is 1. The van der Waals surface area contributed by atoms with E-state index in [0.29, 0.717) is 17.2 Å². The van der Waals surface area contributed by atoms with Crippen LogP contribution in [-0.4, -0.2) is 13.6 Å². The third kappa shape index (κ3) is 3.10. The van der Waals surface area contributed by atoms with Crippen LogP contribution in [0, 0.1) is 6.92 Å². The second kappa shape index (κ2) is 5.78. The molecule has 7 heteroatoms. The summed E-state index contributed by atoms with van der Waals surface area (Å²) in [6.07, 6.45) is 0. The fourth-order valence-electron chi connectivity index (χ4n) is 1.93. The van der Waals surface area contributed by atoms with Gasteiger partial charge in [0.05, 0.1) is 12.2 Å². The summed E-state index contributed by atoms with van der Waals surface area (Å²) < 4.78 is 36.8. The van der Waals surface area contributed by atoms with E-state index >= 15 is 0 Å². The Kier molecular flexibility index (Phi) is 3.82. The predicted molar refractivity (Wildman–Crippen MR) is 79.4 cm³/mol. The van der Waals surface area contributed by atoms with Crippen molar-refractivity contribution in [2.45, 2.75) is 18.6 Å². The lowest BCUT2D eigenvalue weighted by atomic mass is 10.2. The monoisotopic (exact) mass is 318 g/mol. The van der Waals surface area contributed by atoms with Crippen LogP contribution in [0.2, 0.25) is 0 Å². The first-order valence-electron chi connectivity index (χ1n) is 6.62. The molecule has 0 aliphatic carbocycles. The molecule has 0 spiro atoms. The van der Waals surface area contributed by atoms with E-state index in [2.05, 4.69) is 9.88 Å². The number of rotatable bonds is 5. The van der Waals surface area contributed by atoms with Crippen molar-refractivity contribution < 1.29 is 17.4 Å². The van der Waals surface area contributed by atoms with E-state index in [4.69, 9.17) is 8.94 Å². The van der Waals surface area contributed by atoms with Crippen LogP contribution in [-0.2, 0) is 16.6 Å². The minimum atomic E-state index is -3.69. The van der Waals surface area contributed by atoms with Gasteiger partial charge in [-0.15, -0.1) is 0 Å². The van der Waals surface area contributed by atoms with E-state index in [1.807, 2.05) is 30.3 Å². The Balaban J connectivity index is 1.71. The summed E-state index contributed by atoms with van der Waals surface area (Å²) in [5, 5.41) is 3.75. The molecule has 0 amide bonds. The third-order valence-corrected chi connectivity index (χ3v) is 4.31. The minimum absolute atomic E-state index is 0.0262. The van der Waals surface area contributed by atoms with Gasteiger partial charge < -0.3 is 8.94 Å². The Morgan fingerprint density at radius 3 is 2.59 bits per heavy atom. The van der Waals surface area contributed by atoms with Crippen LogP contribution in [0.15, 0.2) is 62.6 Å². The van der Waals surface area contributed by atoms with Gasteiger partial charge in [0, 0.05) is 11.6 Å². The molecule has 0 aliphatic heterocycles. The summed E-state index contributed by atoms with van der Waals surface area (Å²) in [5.41, 5.74) is 1.37. The summed E-state index contributed by atoms with van der Waals surface area (Å²) in [5.74, 6) is 1.12. The molecule has 0 radical (unpaired) electrons. The number of nitrogens with zero attached hydrogens (tertiary/aromatic N) is 1. The molecule has 6 nitrogen and oxygen atoms in total. The number of hydrogen-bond donors (Lipinski definition) is 1. The zero-order valence-electron chi connectivity index (χ0n) is 11.8. The largest absolute Gasteiger partial charge is 0.449 e. The van der Waals surface area contributed by atoms with Crippen molar-refractivity contribution >= 4 is 10.0 Å². The van der Waals surface area contributed by atoms with E-state index in [1.165, 1.54) is 6.07 Å². The fourth-order valence-corrected chi connectivity index (χ4v) is 2.90. The van der Waals surface area contributed by atoms with Gasteiger partial charge in [0.25, 0.3) is 10.0 Å². The van der Waals surface area contributed by atoms with Crippen molar-refractivity contribution in [1.82, 2.24) is 9.88 Å². The van der Waals surface area contributed by atoms with Gasteiger partial charge in [0.15, 0.2) is 5.76 Å². The van der Waals surface area contributed by atoms with Crippen molar-refractivity contribution in [1.29, 1.82) is 0 Å². The SMILES string of the molecule is Cc1ccc(S(=O)(=O)NCc2cc(-c3ccccc3)on2)o1. The van der Waals surface area contributed by atoms with Gasteiger partial charge in [-0.3, -0.25) is 0 Å². The molecule has 0 atom stereocenters. The third-order valence-electron chi connectivity index (χ3n) is 3.04. The molecule has 2 heterocycles. The standard InChI is InChI=1S/C15H14N2O4S/c1-11-7-8-15(20-11)22(18,19)16-10-13-9-14(21-17-13)12-5-3-2-4-6-12/h2-9,16H,10H2,1H3. The average molecular weight is 318 g/mol. The zero-order chi connectivity index (χ0) is 15.6. The molecule has 1 aromatic carbocycles. The number of nitrogens with one attached hydrogen (secondary N) is 1.